The Bertz CT molecular complexity index is 114. The highest BCUT2D eigenvalue weighted by molar-refractivity contribution is 4.77. The van der Waals surface area contributed by atoms with Gasteiger partial charge in [0.25, 0.3) is 0 Å². The van der Waals surface area contributed by atoms with Gasteiger partial charge in [0.15, 0.2) is 0 Å². The SMILES string of the molecule is CC(N)CN1CCC(CN)C1. The monoisotopic (exact) mass is 157 g/mol. The van der Waals surface area contributed by atoms with Crippen molar-refractivity contribution in [1.29, 1.82) is 0 Å². The van der Waals surface area contributed by atoms with E-state index in [2.05, 4.69) is 11.8 Å². The number of hydrogen-bond donors (Lipinski definition) is 2. The third-order valence-corrected chi connectivity index (χ3v) is 2.25. The molecule has 0 aromatic heterocycles. The molecular formula is C8H19N3. The minimum Gasteiger partial charge on any atom is -0.330 e. The maximum atomic E-state index is 5.69. The van der Waals surface area contributed by atoms with Crippen molar-refractivity contribution in [3.63, 3.8) is 0 Å². The third-order valence-electron chi connectivity index (χ3n) is 2.25. The molecule has 1 saturated heterocycles. The minimum atomic E-state index is 0.298. The number of rotatable bonds is 3. The quantitative estimate of drug-likeness (QED) is 0.587. The topological polar surface area (TPSA) is 55.3 Å². The van der Waals surface area contributed by atoms with E-state index in [-0.39, 0.29) is 0 Å². The zero-order chi connectivity index (χ0) is 8.27. The van der Waals surface area contributed by atoms with Crippen LogP contribution < -0.4 is 11.5 Å². The van der Waals surface area contributed by atoms with E-state index in [1.165, 1.54) is 13.0 Å². The molecule has 2 atom stereocenters. The van der Waals surface area contributed by atoms with E-state index in [9.17, 15) is 0 Å². The number of nitrogens with zero attached hydrogens (tertiary/aromatic N) is 1. The van der Waals surface area contributed by atoms with E-state index < -0.39 is 0 Å². The Kier molecular flexibility index (Phi) is 3.30. The summed E-state index contributed by atoms with van der Waals surface area (Å²) in [5.74, 6) is 0.716. The minimum absolute atomic E-state index is 0.298. The predicted molar refractivity (Wildman–Crippen MR) is 47.3 cm³/mol. The van der Waals surface area contributed by atoms with Gasteiger partial charge in [-0.25, -0.2) is 0 Å². The highest BCUT2D eigenvalue weighted by atomic mass is 15.2. The van der Waals surface area contributed by atoms with Gasteiger partial charge in [0.2, 0.25) is 0 Å². The smallest absolute Gasteiger partial charge is 0.0139 e. The second-order valence-electron chi connectivity index (χ2n) is 3.63. The van der Waals surface area contributed by atoms with Crippen molar-refractivity contribution in [1.82, 2.24) is 4.90 Å². The van der Waals surface area contributed by atoms with Gasteiger partial charge in [-0.3, -0.25) is 0 Å². The summed E-state index contributed by atoms with van der Waals surface area (Å²) in [4.78, 5) is 2.40. The van der Waals surface area contributed by atoms with E-state index in [1.807, 2.05) is 0 Å². The molecule has 1 aliphatic heterocycles. The van der Waals surface area contributed by atoms with Gasteiger partial charge in [-0.15, -0.1) is 0 Å². The molecule has 0 radical (unpaired) electrons. The van der Waals surface area contributed by atoms with Crippen molar-refractivity contribution in [3.8, 4) is 0 Å². The molecular weight excluding hydrogens is 138 g/mol. The molecule has 0 aromatic carbocycles. The first-order valence-electron chi connectivity index (χ1n) is 4.40. The van der Waals surface area contributed by atoms with Crippen LogP contribution in [0.25, 0.3) is 0 Å². The Labute approximate surface area is 68.7 Å². The van der Waals surface area contributed by atoms with Crippen LogP contribution in [0.15, 0.2) is 0 Å². The average Bonchev–Trinajstić information content (AvgIpc) is 2.34. The maximum absolute atomic E-state index is 5.69. The van der Waals surface area contributed by atoms with Crippen molar-refractivity contribution >= 4 is 0 Å². The largest absolute Gasteiger partial charge is 0.330 e. The second-order valence-corrected chi connectivity index (χ2v) is 3.63. The normalized spacial score (nSPS) is 29.2. The number of likely N-dealkylation sites (tertiary alicyclic amines) is 1. The highest BCUT2D eigenvalue weighted by Gasteiger charge is 2.21. The summed E-state index contributed by atoms with van der Waals surface area (Å²) in [6.07, 6.45) is 1.25. The van der Waals surface area contributed by atoms with Crippen LogP contribution >= 0.6 is 0 Å². The molecule has 0 aromatic rings. The molecule has 0 amide bonds. The molecule has 4 N–H and O–H groups in total. The first kappa shape index (κ1) is 8.97. The van der Waals surface area contributed by atoms with Crippen LogP contribution in [0.1, 0.15) is 13.3 Å². The van der Waals surface area contributed by atoms with Gasteiger partial charge < -0.3 is 16.4 Å². The van der Waals surface area contributed by atoms with E-state index >= 15 is 0 Å². The fraction of sp³-hybridized carbons (Fsp3) is 1.00. The number of hydrogen-bond acceptors (Lipinski definition) is 3. The summed E-state index contributed by atoms with van der Waals surface area (Å²) in [5, 5.41) is 0. The van der Waals surface area contributed by atoms with Crippen molar-refractivity contribution in [2.24, 2.45) is 17.4 Å². The Hall–Kier alpha value is -0.120. The lowest BCUT2D eigenvalue weighted by molar-refractivity contribution is 0.309. The molecule has 66 valence electrons. The van der Waals surface area contributed by atoms with Gasteiger partial charge in [-0.1, -0.05) is 0 Å². The molecule has 3 nitrogen and oxygen atoms in total. The van der Waals surface area contributed by atoms with Gasteiger partial charge in [0.05, 0.1) is 0 Å². The standard InChI is InChI=1S/C8H19N3/c1-7(10)5-11-3-2-8(4-9)6-11/h7-8H,2-6,9-10H2,1H3. The average molecular weight is 157 g/mol. The summed E-state index contributed by atoms with van der Waals surface area (Å²) in [5.41, 5.74) is 11.3. The van der Waals surface area contributed by atoms with Crippen molar-refractivity contribution in [2.75, 3.05) is 26.2 Å². The molecule has 11 heavy (non-hydrogen) atoms. The molecule has 3 heteroatoms. The molecule has 0 spiro atoms. The Morgan fingerprint density at radius 1 is 1.64 bits per heavy atom. The summed E-state index contributed by atoms with van der Waals surface area (Å²) in [7, 11) is 0. The third kappa shape index (κ3) is 2.77. The molecule has 2 unspecified atom stereocenters. The van der Waals surface area contributed by atoms with E-state index in [0.717, 1.165) is 19.6 Å². The molecule has 0 saturated carbocycles. The summed E-state index contributed by atoms with van der Waals surface area (Å²) < 4.78 is 0. The fourth-order valence-corrected chi connectivity index (χ4v) is 1.68. The van der Waals surface area contributed by atoms with Crippen molar-refractivity contribution < 1.29 is 0 Å². The molecule has 0 bridgehead atoms. The highest BCUT2D eigenvalue weighted by Crippen LogP contribution is 2.14. The van der Waals surface area contributed by atoms with Crippen LogP contribution in [0, 0.1) is 5.92 Å². The van der Waals surface area contributed by atoms with Crippen molar-refractivity contribution in [3.05, 3.63) is 0 Å². The molecule has 1 heterocycles. The van der Waals surface area contributed by atoms with Crippen LogP contribution in [-0.4, -0.2) is 37.1 Å². The molecule has 0 aliphatic carbocycles. The Morgan fingerprint density at radius 2 is 2.36 bits per heavy atom. The zero-order valence-corrected chi connectivity index (χ0v) is 7.29. The van der Waals surface area contributed by atoms with Crippen LogP contribution in [0.2, 0.25) is 0 Å². The van der Waals surface area contributed by atoms with Crippen LogP contribution in [-0.2, 0) is 0 Å². The summed E-state index contributed by atoms with van der Waals surface area (Å²) in [6, 6.07) is 0.298. The first-order chi connectivity index (χ1) is 5.22. The van der Waals surface area contributed by atoms with Crippen LogP contribution in [0.5, 0.6) is 0 Å². The first-order valence-corrected chi connectivity index (χ1v) is 4.40. The number of nitrogens with two attached hydrogens (primary N) is 2. The maximum Gasteiger partial charge on any atom is 0.0139 e. The summed E-state index contributed by atoms with van der Waals surface area (Å²) in [6.45, 7) is 6.24. The Morgan fingerprint density at radius 3 is 2.82 bits per heavy atom. The second kappa shape index (κ2) is 4.04. The lowest BCUT2D eigenvalue weighted by Crippen LogP contribution is -2.34. The van der Waals surface area contributed by atoms with E-state index in [1.54, 1.807) is 0 Å². The fourth-order valence-electron chi connectivity index (χ4n) is 1.68. The Balaban J connectivity index is 2.19. The lowest BCUT2D eigenvalue weighted by atomic mass is 10.1. The van der Waals surface area contributed by atoms with Gasteiger partial charge in [0.1, 0.15) is 0 Å². The van der Waals surface area contributed by atoms with Crippen molar-refractivity contribution in [2.45, 2.75) is 19.4 Å². The zero-order valence-electron chi connectivity index (χ0n) is 7.29. The van der Waals surface area contributed by atoms with Gasteiger partial charge in [-0.2, -0.15) is 0 Å². The van der Waals surface area contributed by atoms with E-state index in [0.29, 0.717) is 12.0 Å². The summed E-state index contributed by atoms with van der Waals surface area (Å²) >= 11 is 0. The lowest BCUT2D eigenvalue weighted by Gasteiger charge is -2.17. The van der Waals surface area contributed by atoms with Crippen LogP contribution in [0.3, 0.4) is 0 Å². The van der Waals surface area contributed by atoms with E-state index in [4.69, 9.17) is 11.5 Å². The molecule has 1 fully saturated rings. The molecule has 1 rings (SSSR count). The predicted octanol–water partition coefficient (Wildman–Crippen LogP) is -0.386. The van der Waals surface area contributed by atoms with Gasteiger partial charge >= 0.3 is 0 Å². The van der Waals surface area contributed by atoms with Gasteiger partial charge in [-0.05, 0) is 32.4 Å². The molecule has 1 aliphatic rings. The van der Waals surface area contributed by atoms with Gasteiger partial charge in [0, 0.05) is 19.1 Å². The van der Waals surface area contributed by atoms with Crippen LogP contribution in [0.4, 0.5) is 0 Å².